The molecule has 0 spiro atoms. The van der Waals surface area contributed by atoms with Crippen molar-refractivity contribution in [3.05, 3.63) is 28.8 Å². The summed E-state index contributed by atoms with van der Waals surface area (Å²) in [6, 6.07) is 5.14. The maximum absolute atomic E-state index is 9.61. The second-order valence-corrected chi connectivity index (χ2v) is 5.24. The van der Waals surface area contributed by atoms with Gasteiger partial charge in [-0.05, 0) is 24.3 Å². The summed E-state index contributed by atoms with van der Waals surface area (Å²) in [5, 5.41) is 22.0. The van der Waals surface area contributed by atoms with E-state index in [1.165, 1.54) is 0 Å². The molecule has 0 bridgehead atoms. The standard InChI is InChI=1S/C12H18ClNO2S/c13-11-3-1-4-12(16)10(11)9-14-5-8-17-7-2-6-15/h1,3-4,14-16H,2,5-9H2. The van der Waals surface area contributed by atoms with Gasteiger partial charge in [-0.3, -0.25) is 0 Å². The van der Waals surface area contributed by atoms with E-state index >= 15 is 0 Å². The molecule has 3 N–H and O–H groups in total. The number of hydrogen-bond acceptors (Lipinski definition) is 4. The Morgan fingerprint density at radius 3 is 2.82 bits per heavy atom. The van der Waals surface area contributed by atoms with E-state index in [0.717, 1.165) is 30.0 Å². The van der Waals surface area contributed by atoms with Gasteiger partial charge in [0.05, 0.1) is 0 Å². The van der Waals surface area contributed by atoms with Crippen molar-refractivity contribution in [3.63, 3.8) is 0 Å². The Balaban J connectivity index is 2.18. The topological polar surface area (TPSA) is 52.5 Å². The molecular weight excluding hydrogens is 258 g/mol. The zero-order valence-electron chi connectivity index (χ0n) is 9.66. The molecule has 0 saturated heterocycles. The van der Waals surface area contributed by atoms with E-state index in [1.54, 1.807) is 30.0 Å². The molecule has 5 heteroatoms. The van der Waals surface area contributed by atoms with Gasteiger partial charge in [-0.25, -0.2) is 0 Å². The van der Waals surface area contributed by atoms with E-state index in [2.05, 4.69) is 5.32 Å². The van der Waals surface area contributed by atoms with Gasteiger partial charge in [0.2, 0.25) is 0 Å². The van der Waals surface area contributed by atoms with Crippen LogP contribution in [0.2, 0.25) is 5.02 Å². The number of thioether (sulfide) groups is 1. The maximum Gasteiger partial charge on any atom is 0.121 e. The third-order valence-corrected chi connectivity index (χ3v) is 3.69. The molecule has 0 fully saturated rings. The fraction of sp³-hybridized carbons (Fsp3) is 0.500. The van der Waals surface area contributed by atoms with E-state index in [4.69, 9.17) is 16.7 Å². The highest BCUT2D eigenvalue weighted by molar-refractivity contribution is 7.99. The van der Waals surface area contributed by atoms with E-state index in [-0.39, 0.29) is 12.4 Å². The van der Waals surface area contributed by atoms with Gasteiger partial charge in [0.15, 0.2) is 0 Å². The van der Waals surface area contributed by atoms with Crippen LogP contribution in [-0.2, 0) is 6.54 Å². The number of halogens is 1. The van der Waals surface area contributed by atoms with Gasteiger partial charge < -0.3 is 15.5 Å². The van der Waals surface area contributed by atoms with Gasteiger partial charge in [-0.15, -0.1) is 0 Å². The number of aromatic hydroxyl groups is 1. The van der Waals surface area contributed by atoms with Crippen molar-refractivity contribution in [2.24, 2.45) is 0 Å². The second-order valence-electron chi connectivity index (χ2n) is 3.60. The molecule has 0 heterocycles. The van der Waals surface area contributed by atoms with Crippen molar-refractivity contribution < 1.29 is 10.2 Å². The predicted molar refractivity (Wildman–Crippen MR) is 73.9 cm³/mol. The molecule has 1 aromatic carbocycles. The number of phenolic OH excluding ortho intramolecular Hbond substituents is 1. The van der Waals surface area contributed by atoms with Crippen LogP contribution in [-0.4, -0.2) is 34.9 Å². The molecule has 0 amide bonds. The van der Waals surface area contributed by atoms with Crippen molar-refractivity contribution in [1.29, 1.82) is 0 Å². The fourth-order valence-corrected chi connectivity index (χ4v) is 2.41. The molecule has 1 aromatic rings. The van der Waals surface area contributed by atoms with Gasteiger partial charge in [-0.2, -0.15) is 11.8 Å². The van der Waals surface area contributed by atoms with Crippen LogP contribution in [0.15, 0.2) is 18.2 Å². The first-order chi connectivity index (χ1) is 8.25. The summed E-state index contributed by atoms with van der Waals surface area (Å²) in [6.45, 7) is 1.70. The minimum absolute atomic E-state index is 0.234. The summed E-state index contributed by atoms with van der Waals surface area (Å²) in [5.41, 5.74) is 0.745. The van der Waals surface area contributed by atoms with Crippen LogP contribution >= 0.6 is 23.4 Å². The van der Waals surface area contributed by atoms with Crippen LogP contribution in [0.1, 0.15) is 12.0 Å². The molecule has 0 aliphatic heterocycles. The van der Waals surface area contributed by atoms with E-state index < -0.39 is 0 Å². The zero-order chi connectivity index (χ0) is 12.5. The summed E-state index contributed by atoms with van der Waals surface area (Å²) in [7, 11) is 0. The van der Waals surface area contributed by atoms with Crippen molar-refractivity contribution >= 4 is 23.4 Å². The second kappa shape index (κ2) is 8.64. The smallest absolute Gasteiger partial charge is 0.121 e. The highest BCUT2D eigenvalue weighted by Gasteiger charge is 2.04. The van der Waals surface area contributed by atoms with Crippen LogP contribution in [0.25, 0.3) is 0 Å². The van der Waals surface area contributed by atoms with Gasteiger partial charge in [-0.1, -0.05) is 17.7 Å². The Bertz CT molecular complexity index is 316. The van der Waals surface area contributed by atoms with E-state index in [0.29, 0.717) is 11.6 Å². The number of nitrogens with one attached hydrogen (secondary N) is 1. The summed E-state index contributed by atoms with van der Waals surface area (Å²) in [5.74, 6) is 2.21. The van der Waals surface area contributed by atoms with Gasteiger partial charge in [0.25, 0.3) is 0 Å². The largest absolute Gasteiger partial charge is 0.508 e. The van der Waals surface area contributed by atoms with Crippen LogP contribution in [0, 0.1) is 0 Å². The van der Waals surface area contributed by atoms with Crippen LogP contribution < -0.4 is 5.32 Å². The average Bonchev–Trinajstić information content (AvgIpc) is 2.31. The SMILES string of the molecule is OCCCSCCNCc1c(O)cccc1Cl. The number of benzene rings is 1. The summed E-state index contributed by atoms with van der Waals surface area (Å²) >= 11 is 7.78. The van der Waals surface area contributed by atoms with Crippen LogP contribution in [0.5, 0.6) is 5.75 Å². The highest BCUT2D eigenvalue weighted by atomic mass is 35.5. The average molecular weight is 276 g/mol. The maximum atomic E-state index is 9.61. The molecule has 0 unspecified atom stereocenters. The Kier molecular flexibility index (Phi) is 7.44. The lowest BCUT2D eigenvalue weighted by Crippen LogP contribution is -2.17. The lowest BCUT2D eigenvalue weighted by Gasteiger charge is -2.08. The van der Waals surface area contributed by atoms with E-state index in [1.807, 2.05) is 0 Å². The molecular formula is C12H18ClNO2S. The van der Waals surface area contributed by atoms with Gasteiger partial charge in [0, 0.05) is 36.0 Å². The van der Waals surface area contributed by atoms with Crippen LogP contribution in [0.3, 0.4) is 0 Å². The Labute approximate surface area is 111 Å². The molecule has 0 aromatic heterocycles. The summed E-state index contributed by atoms with van der Waals surface area (Å²) in [6.07, 6.45) is 0.843. The molecule has 1 rings (SSSR count). The quantitative estimate of drug-likeness (QED) is 0.637. The monoisotopic (exact) mass is 275 g/mol. The number of rotatable bonds is 8. The fourth-order valence-electron chi connectivity index (χ4n) is 1.35. The van der Waals surface area contributed by atoms with E-state index in [9.17, 15) is 5.11 Å². The normalized spacial score (nSPS) is 10.7. The first kappa shape index (κ1) is 14.6. The number of phenols is 1. The zero-order valence-corrected chi connectivity index (χ0v) is 11.2. The van der Waals surface area contributed by atoms with Gasteiger partial charge in [0.1, 0.15) is 5.75 Å². The Morgan fingerprint density at radius 1 is 1.29 bits per heavy atom. The third kappa shape index (κ3) is 5.64. The summed E-state index contributed by atoms with van der Waals surface area (Å²) in [4.78, 5) is 0. The lowest BCUT2D eigenvalue weighted by atomic mass is 10.2. The molecule has 0 radical (unpaired) electrons. The number of aliphatic hydroxyl groups excluding tert-OH is 1. The predicted octanol–water partition coefficient (Wildman–Crippen LogP) is 2.25. The minimum Gasteiger partial charge on any atom is -0.508 e. The molecule has 17 heavy (non-hydrogen) atoms. The Morgan fingerprint density at radius 2 is 2.12 bits per heavy atom. The lowest BCUT2D eigenvalue weighted by molar-refractivity contribution is 0.296. The number of hydrogen-bond donors (Lipinski definition) is 3. The molecule has 3 nitrogen and oxygen atoms in total. The van der Waals surface area contributed by atoms with Crippen molar-refractivity contribution in [3.8, 4) is 5.75 Å². The molecule has 0 saturated carbocycles. The van der Waals surface area contributed by atoms with Crippen molar-refractivity contribution in [2.45, 2.75) is 13.0 Å². The van der Waals surface area contributed by atoms with Gasteiger partial charge >= 0.3 is 0 Å². The van der Waals surface area contributed by atoms with Crippen molar-refractivity contribution in [2.75, 3.05) is 24.7 Å². The first-order valence-corrected chi connectivity index (χ1v) is 7.14. The molecule has 0 atom stereocenters. The molecule has 0 aliphatic carbocycles. The molecule has 0 aliphatic rings. The van der Waals surface area contributed by atoms with Crippen molar-refractivity contribution in [1.82, 2.24) is 5.32 Å². The summed E-state index contributed by atoms with van der Waals surface area (Å²) < 4.78 is 0. The van der Waals surface area contributed by atoms with Crippen LogP contribution in [0.4, 0.5) is 0 Å². The molecule has 96 valence electrons. The number of aliphatic hydroxyl groups is 1. The first-order valence-electron chi connectivity index (χ1n) is 5.61. The highest BCUT2D eigenvalue weighted by Crippen LogP contribution is 2.24. The minimum atomic E-state index is 0.234. The Hall–Kier alpha value is -0.420. The third-order valence-electron chi connectivity index (χ3n) is 2.27.